The van der Waals surface area contributed by atoms with Gasteiger partial charge in [-0.05, 0) is 48.2 Å². The molecular weight excluding hydrogens is 450 g/mol. The number of hydrogen-bond acceptors (Lipinski definition) is 2. The summed E-state index contributed by atoms with van der Waals surface area (Å²) in [6, 6.07) is 43.2. The van der Waals surface area contributed by atoms with E-state index in [4.69, 9.17) is 0 Å². The van der Waals surface area contributed by atoms with Gasteiger partial charge >= 0.3 is 0 Å². The van der Waals surface area contributed by atoms with E-state index in [-0.39, 0.29) is 19.0 Å². The number of rotatable bonds is 12. The van der Waals surface area contributed by atoms with E-state index in [1.54, 1.807) is 0 Å². The summed E-state index contributed by atoms with van der Waals surface area (Å²) < 4.78 is 0. The van der Waals surface area contributed by atoms with Crippen LogP contribution < -0.4 is 0 Å². The Hall–Kier alpha value is -2.91. The molecule has 1 N–H and O–H groups in total. The summed E-state index contributed by atoms with van der Waals surface area (Å²) in [6.07, 6.45) is 2.05. The monoisotopic (exact) mass is 485 g/mol. The zero-order valence-corrected chi connectivity index (χ0v) is 21.1. The van der Waals surface area contributed by atoms with Gasteiger partial charge in [0.2, 0.25) is 0 Å². The minimum Gasteiger partial charge on any atom is -0.395 e. The molecule has 4 rings (SSSR count). The fraction of sp³-hybridized carbons (Fsp3) is 0.250. The molecule has 0 atom stereocenters. The van der Waals surface area contributed by atoms with Gasteiger partial charge in [-0.25, -0.2) is 0 Å². The Balaban J connectivity index is 0.00000342. The highest BCUT2D eigenvalue weighted by Crippen LogP contribution is 2.30. The summed E-state index contributed by atoms with van der Waals surface area (Å²) >= 11 is 0. The molecule has 0 unspecified atom stereocenters. The van der Waals surface area contributed by atoms with E-state index in [1.807, 2.05) is 0 Å². The van der Waals surface area contributed by atoms with Crippen LogP contribution in [0.5, 0.6) is 0 Å². The quantitative estimate of drug-likeness (QED) is 0.230. The molecule has 0 spiro atoms. The van der Waals surface area contributed by atoms with Gasteiger partial charge in [0.15, 0.2) is 0 Å². The average Bonchev–Trinajstić information content (AvgIpc) is 2.91. The number of aliphatic hydroxyl groups excluding tert-OH is 1. The Bertz CT molecular complexity index is 908. The highest BCUT2D eigenvalue weighted by molar-refractivity contribution is 5.85. The summed E-state index contributed by atoms with van der Waals surface area (Å²) in [5.74, 6) is 0.699. The normalized spacial score (nSPS) is 11.1. The summed E-state index contributed by atoms with van der Waals surface area (Å²) in [4.78, 5) is 2.43. The largest absolute Gasteiger partial charge is 0.395 e. The molecule has 0 bridgehead atoms. The molecule has 2 nitrogen and oxygen atoms in total. The summed E-state index contributed by atoms with van der Waals surface area (Å²) in [7, 11) is 0. The van der Waals surface area contributed by atoms with Crippen LogP contribution in [0.2, 0.25) is 0 Å². The lowest BCUT2D eigenvalue weighted by Crippen LogP contribution is -2.31. The second-order valence-electron chi connectivity index (χ2n) is 8.89. The van der Waals surface area contributed by atoms with Crippen molar-refractivity contribution in [1.29, 1.82) is 0 Å². The zero-order chi connectivity index (χ0) is 23.4. The number of benzene rings is 4. The Kier molecular flexibility index (Phi) is 11.0. The van der Waals surface area contributed by atoms with Crippen LogP contribution in [0.15, 0.2) is 121 Å². The predicted molar refractivity (Wildman–Crippen MR) is 149 cm³/mol. The van der Waals surface area contributed by atoms with E-state index in [0.29, 0.717) is 18.4 Å². The van der Waals surface area contributed by atoms with Gasteiger partial charge in [0.05, 0.1) is 6.61 Å². The van der Waals surface area contributed by atoms with E-state index in [9.17, 15) is 5.11 Å². The maximum Gasteiger partial charge on any atom is 0.0558 e. The zero-order valence-electron chi connectivity index (χ0n) is 20.2. The topological polar surface area (TPSA) is 23.5 Å². The SMILES string of the molecule is Cl.OCCN(CCC(c1ccccc1)c1ccccc1)CCC(c1ccccc1)c1ccccc1. The van der Waals surface area contributed by atoms with Crippen molar-refractivity contribution in [1.82, 2.24) is 4.90 Å². The minimum atomic E-state index is 0. The molecule has 0 aromatic heterocycles. The first kappa shape index (κ1) is 26.7. The van der Waals surface area contributed by atoms with Crippen molar-refractivity contribution in [3.63, 3.8) is 0 Å². The third-order valence-electron chi connectivity index (χ3n) is 6.69. The van der Waals surface area contributed by atoms with Gasteiger partial charge in [0, 0.05) is 18.4 Å². The van der Waals surface area contributed by atoms with Gasteiger partial charge in [-0.15, -0.1) is 12.4 Å². The molecule has 0 radical (unpaired) electrons. The lowest BCUT2D eigenvalue weighted by Gasteiger charge is -2.27. The van der Waals surface area contributed by atoms with Gasteiger partial charge in [-0.2, -0.15) is 0 Å². The first-order valence-electron chi connectivity index (χ1n) is 12.4. The molecule has 35 heavy (non-hydrogen) atoms. The second-order valence-corrected chi connectivity index (χ2v) is 8.89. The first-order valence-corrected chi connectivity index (χ1v) is 12.4. The third-order valence-corrected chi connectivity index (χ3v) is 6.69. The fourth-order valence-electron chi connectivity index (χ4n) is 4.89. The third kappa shape index (κ3) is 7.80. The number of hydrogen-bond donors (Lipinski definition) is 1. The van der Waals surface area contributed by atoms with Crippen LogP contribution in [0.1, 0.15) is 46.9 Å². The lowest BCUT2D eigenvalue weighted by molar-refractivity contribution is 0.189. The average molecular weight is 486 g/mol. The first-order chi connectivity index (χ1) is 16.8. The van der Waals surface area contributed by atoms with Gasteiger partial charge in [-0.3, -0.25) is 0 Å². The molecular formula is C32H36ClNO. The van der Waals surface area contributed by atoms with E-state index < -0.39 is 0 Å². The van der Waals surface area contributed by atoms with Crippen LogP contribution >= 0.6 is 12.4 Å². The molecule has 0 amide bonds. The molecule has 4 aromatic rings. The van der Waals surface area contributed by atoms with Crippen LogP contribution in [-0.2, 0) is 0 Å². The predicted octanol–water partition coefficient (Wildman–Crippen LogP) is 7.15. The van der Waals surface area contributed by atoms with Gasteiger partial charge < -0.3 is 10.0 Å². The van der Waals surface area contributed by atoms with Crippen LogP contribution in [0.3, 0.4) is 0 Å². The van der Waals surface area contributed by atoms with Crippen LogP contribution in [0, 0.1) is 0 Å². The molecule has 0 fully saturated rings. The van der Waals surface area contributed by atoms with E-state index in [2.05, 4.69) is 126 Å². The highest BCUT2D eigenvalue weighted by Gasteiger charge is 2.18. The van der Waals surface area contributed by atoms with Crippen molar-refractivity contribution >= 4 is 12.4 Å². The maximum atomic E-state index is 9.79. The van der Waals surface area contributed by atoms with Crippen molar-refractivity contribution in [3.05, 3.63) is 144 Å². The van der Waals surface area contributed by atoms with Crippen LogP contribution in [0.25, 0.3) is 0 Å². The van der Waals surface area contributed by atoms with Crippen molar-refractivity contribution < 1.29 is 5.11 Å². The summed E-state index contributed by atoms with van der Waals surface area (Å²) in [6.45, 7) is 2.78. The Morgan fingerprint density at radius 3 is 1.00 bits per heavy atom. The van der Waals surface area contributed by atoms with Crippen molar-refractivity contribution in [2.24, 2.45) is 0 Å². The molecule has 0 saturated carbocycles. The molecule has 0 aliphatic heterocycles. The van der Waals surface area contributed by atoms with Crippen molar-refractivity contribution in [2.45, 2.75) is 24.7 Å². The Labute approximate surface area is 216 Å². The molecule has 182 valence electrons. The maximum absolute atomic E-state index is 9.79. The van der Waals surface area contributed by atoms with Gasteiger partial charge in [0.1, 0.15) is 0 Å². The summed E-state index contributed by atoms with van der Waals surface area (Å²) in [5.41, 5.74) is 5.40. The number of nitrogens with zero attached hydrogens (tertiary/aromatic N) is 1. The molecule has 0 heterocycles. The smallest absolute Gasteiger partial charge is 0.0558 e. The standard InChI is InChI=1S/C32H35NO.ClH/c34-26-25-33(23-21-31(27-13-5-1-6-14-27)28-15-7-2-8-16-28)24-22-32(29-17-9-3-10-18-29)30-19-11-4-12-20-30;/h1-20,31-32,34H,21-26H2;1H. The second kappa shape index (κ2) is 14.5. The molecule has 4 aromatic carbocycles. The number of aliphatic hydroxyl groups is 1. The Morgan fingerprint density at radius 1 is 0.457 bits per heavy atom. The van der Waals surface area contributed by atoms with Gasteiger partial charge in [0.25, 0.3) is 0 Å². The molecule has 0 aliphatic carbocycles. The van der Waals surface area contributed by atoms with E-state index in [0.717, 1.165) is 25.9 Å². The Morgan fingerprint density at radius 2 is 0.743 bits per heavy atom. The highest BCUT2D eigenvalue weighted by atomic mass is 35.5. The van der Waals surface area contributed by atoms with Crippen LogP contribution in [0.4, 0.5) is 0 Å². The van der Waals surface area contributed by atoms with E-state index >= 15 is 0 Å². The molecule has 0 saturated heterocycles. The minimum absolute atomic E-state index is 0. The molecule has 3 heteroatoms. The van der Waals surface area contributed by atoms with Crippen molar-refractivity contribution in [3.8, 4) is 0 Å². The fourth-order valence-corrected chi connectivity index (χ4v) is 4.89. The van der Waals surface area contributed by atoms with Crippen molar-refractivity contribution in [2.75, 3.05) is 26.2 Å². The molecule has 0 aliphatic rings. The van der Waals surface area contributed by atoms with E-state index in [1.165, 1.54) is 22.3 Å². The summed E-state index contributed by atoms with van der Waals surface area (Å²) in [5, 5.41) is 9.79. The lowest BCUT2D eigenvalue weighted by atomic mass is 9.87. The number of halogens is 1. The van der Waals surface area contributed by atoms with Gasteiger partial charge in [-0.1, -0.05) is 121 Å². The van der Waals surface area contributed by atoms with Crippen LogP contribution in [-0.4, -0.2) is 36.2 Å².